The number of aromatic nitrogens is 1. The highest BCUT2D eigenvalue weighted by Gasteiger charge is 2.21. The molecule has 1 aliphatic rings. The van der Waals surface area contributed by atoms with Gasteiger partial charge in [0.25, 0.3) is 0 Å². The van der Waals surface area contributed by atoms with Crippen molar-refractivity contribution in [1.82, 2.24) is 15.6 Å². The molecule has 0 radical (unpaired) electrons. The largest absolute Gasteiger partial charge is 0.488 e. The van der Waals surface area contributed by atoms with Gasteiger partial charge in [-0.3, -0.25) is 0 Å². The molecule has 2 aromatic rings. The van der Waals surface area contributed by atoms with Crippen molar-refractivity contribution in [2.45, 2.75) is 32.8 Å². The van der Waals surface area contributed by atoms with Gasteiger partial charge in [0.05, 0.1) is 17.2 Å². The lowest BCUT2D eigenvalue weighted by Crippen LogP contribution is -2.39. The van der Waals surface area contributed by atoms with E-state index in [4.69, 9.17) is 4.74 Å². The average Bonchev–Trinajstić information content (AvgIpc) is 3.18. The van der Waals surface area contributed by atoms with Gasteiger partial charge < -0.3 is 15.4 Å². The van der Waals surface area contributed by atoms with Gasteiger partial charge in [-0.25, -0.2) is 9.98 Å². The van der Waals surface area contributed by atoms with Crippen LogP contribution in [0.25, 0.3) is 0 Å². The highest BCUT2D eigenvalue weighted by Crippen LogP contribution is 2.28. The van der Waals surface area contributed by atoms with E-state index in [-0.39, 0.29) is 30.1 Å². The van der Waals surface area contributed by atoms with E-state index in [0.29, 0.717) is 6.54 Å². The molecular weight excluding hydrogens is 447 g/mol. The van der Waals surface area contributed by atoms with E-state index in [1.165, 1.54) is 5.56 Å². The smallest absolute Gasteiger partial charge is 0.191 e. The Bertz CT molecular complexity index is 679. The Hall–Kier alpha value is -1.35. The van der Waals surface area contributed by atoms with Crippen LogP contribution < -0.4 is 15.4 Å². The first-order valence-electron chi connectivity index (χ1n) is 8.42. The molecule has 0 saturated carbocycles. The lowest BCUT2D eigenvalue weighted by atomic mass is 10.1. The number of halogens is 1. The van der Waals surface area contributed by atoms with Crippen LogP contribution >= 0.6 is 35.3 Å². The summed E-state index contributed by atoms with van der Waals surface area (Å²) in [6.07, 6.45) is 1.95. The van der Waals surface area contributed by atoms with Crippen LogP contribution in [0.5, 0.6) is 5.75 Å². The van der Waals surface area contributed by atoms with E-state index < -0.39 is 0 Å². The monoisotopic (exact) mass is 472 g/mol. The highest BCUT2D eigenvalue weighted by molar-refractivity contribution is 14.0. The molecule has 25 heavy (non-hydrogen) atoms. The first-order chi connectivity index (χ1) is 11.7. The molecule has 1 aromatic carbocycles. The summed E-state index contributed by atoms with van der Waals surface area (Å²) in [7, 11) is 0. The van der Waals surface area contributed by atoms with Crippen molar-refractivity contribution in [3.63, 3.8) is 0 Å². The molecule has 1 atom stereocenters. The number of hydrogen-bond donors (Lipinski definition) is 2. The van der Waals surface area contributed by atoms with Gasteiger partial charge in [-0.15, -0.1) is 35.3 Å². The van der Waals surface area contributed by atoms with E-state index in [2.05, 4.69) is 45.0 Å². The molecule has 0 spiro atoms. The molecule has 136 valence electrons. The zero-order valence-corrected chi connectivity index (χ0v) is 17.8. The third kappa shape index (κ3) is 5.85. The molecule has 5 nitrogen and oxygen atoms in total. The van der Waals surface area contributed by atoms with Crippen molar-refractivity contribution in [2.75, 3.05) is 19.6 Å². The first kappa shape index (κ1) is 20.0. The molecule has 0 fully saturated rings. The van der Waals surface area contributed by atoms with Crippen LogP contribution in [0.15, 0.2) is 34.6 Å². The molecule has 7 heteroatoms. The van der Waals surface area contributed by atoms with Gasteiger partial charge in [-0.05, 0) is 25.5 Å². The average molecular weight is 472 g/mol. The van der Waals surface area contributed by atoms with Crippen molar-refractivity contribution in [2.24, 2.45) is 4.99 Å². The Morgan fingerprint density at radius 1 is 1.36 bits per heavy atom. The molecule has 0 bridgehead atoms. The minimum Gasteiger partial charge on any atom is -0.488 e. The number of thiazole rings is 1. The van der Waals surface area contributed by atoms with Crippen molar-refractivity contribution in [3.8, 4) is 5.75 Å². The predicted octanol–water partition coefficient (Wildman–Crippen LogP) is 3.17. The van der Waals surface area contributed by atoms with Crippen LogP contribution in [-0.2, 0) is 12.8 Å². The van der Waals surface area contributed by atoms with Gasteiger partial charge in [0.1, 0.15) is 11.9 Å². The van der Waals surface area contributed by atoms with E-state index in [1.807, 2.05) is 19.1 Å². The van der Waals surface area contributed by atoms with Gasteiger partial charge in [0.2, 0.25) is 0 Å². The highest BCUT2D eigenvalue weighted by atomic mass is 127. The fourth-order valence-corrected chi connectivity index (χ4v) is 3.37. The normalized spacial score (nSPS) is 15.9. The zero-order chi connectivity index (χ0) is 16.8. The third-order valence-corrected chi connectivity index (χ3v) is 4.67. The summed E-state index contributed by atoms with van der Waals surface area (Å²) in [6, 6.07) is 8.21. The standard InChI is InChI=1S/C18H24N4OS.HI/c1-3-19-18(20-9-8-15-12-24-13(2)22-15)21-11-16-10-14-6-4-5-7-17(14)23-16;/h4-7,12,16H,3,8-11H2,1-2H3,(H2,19,20,21);1H. The number of fused-ring (bicyclic) bond motifs is 1. The van der Waals surface area contributed by atoms with Gasteiger partial charge in [-0.2, -0.15) is 0 Å². The molecule has 1 unspecified atom stereocenters. The number of benzene rings is 1. The number of para-hydroxylation sites is 1. The second-order valence-electron chi connectivity index (χ2n) is 5.81. The zero-order valence-electron chi connectivity index (χ0n) is 14.6. The quantitative estimate of drug-likeness (QED) is 0.385. The van der Waals surface area contributed by atoms with Crippen LogP contribution in [0.2, 0.25) is 0 Å². The topological polar surface area (TPSA) is 58.5 Å². The molecule has 1 aromatic heterocycles. The second-order valence-corrected chi connectivity index (χ2v) is 6.87. The second kappa shape index (κ2) is 9.96. The summed E-state index contributed by atoms with van der Waals surface area (Å²) in [5, 5.41) is 9.89. The van der Waals surface area contributed by atoms with Crippen LogP contribution in [0, 0.1) is 6.92 Å². The number of nitrogens with one attached hydrogen (secondary N) is 2. The fraction of sp³-hybridized carbons (Fsp3) is 0.444. The van der Waals surface area contributed by atoms with Gasteiger partial charge in [0.15, 0.2) is 5.96 Å². The summed E-state index contributed by atoms with van der Waals surface area (Å²) < 4.78 is 5.94. The number of guanidine groups is 1. The van der Waals surface area contributed by atoms with Gasteiger partial charge in [-0.1, -0.05) is 18.2 Å². The van der Waals surface area contributed by atoms with E-state index in [1.54, 1.807) is 11.3 Å². The Labute approximate surface area is 170 Å². The first-order valence-corrected chi connectivity index (χ1v) is 9.30. The van der Waals surface area contributed by atoms with Gasteiger partial charge in [0, 0.05) is 31.3 Å². The van der Waals surface area contributed by atoms with Crippen molar-refractivity contribution in [1.29, 1.82) is 0 Å². The van der Waals surface area contributed by atoms with Crippen molar-refractivity contribution < 1.29 is 4.74 Å². The van der Waals surface area contributed by atoms with Crippen molar-refractivity contribution in [3.05, 3.63) is 45.9 Å². The van der Waals surface area contributed by atoms with Crippen molar-refractivity contribution >= 4 is 41.3 Å². The maximum Gasteiger partial charge on any atom is 0.191 e. The number of hydrogen-bond acceptors (Lipinski definition) is 4. The lowest BCUT2D eigenvalue weighted by Gasteiger charge is -2.13. The summed E-state index contributed by atoms with van der Waals surface area (Å²) in [5.74, 6) is 1.83. The Kier molecular flexibility index (Phi) is 7.95. The maximum atomic E-state index is 5.94. The summed E-state index contributed by atoms with van der Waals surface area (Å²) in [6.45, 7) is 6.42. The van der Waals surface area contributed by atoms with E-state index in [0.717, 1.165) is 48.3 Å². The fourth-order valence-electron chi connectivity index (χ4n) is 2.72. The number of aliphatic imine (C=N–C) groups is 1. The third-order valence-electron chi connectivity index (χ3n) is 3.85. The molecule has 0 amide bonds. The van der Waals surface area contributed by atoms with E-state index in [9.17, 15) is 0 Å². The van der Waals surface area contributed by atoms with Crippen LogP contribution in [-0.4, -0.2) is 36.7 Å². The molecule has 0 saturated heterocycles. The molecule has 3 rings (SSSR count). The number of rotatable bonds is 6. The maximum absolute atomic E-state index is 5.94. The lowest BCUT2D eigenvalue weighted by molar-refractivity contribution is 0.241. The Morgan fingerprint density at radius 3 is 2.92 bits per heavy atom. The van der Waals surface area contributed by atoms with Crippen LogP contribution in [0.3, 0.4) is 0 Å². The minimum atomic E-state index is 0. The predicted molar refractivity (Wildman–Crippen MR) is 115 cm³/mol. The SMILES string of the molecule is CCNC(=NCC1Cc2ccccc2O1)NCCc1csc(C)n1.I. The molecule has 0 aliphatic carbocycles. The van der Waals surface area contributed by atoms with Crippen LogP contribution in [0.1, 0.15) is 23.2 Å². The van der Waals surface area contributed by atoms with E-state index >= 15 is 0 Å². The molecule has 2 N–H and O–H groups in total. The summed E-state index contributed by atoms with van der Waals surface area (Å²) in [4.78, 5) is 9.15. The molecule has 2 heterocycles. The van der Waals surface area contributed by atoms with Gasteiger partial charge >= 0.3 is 0 Å². The summed E-state index contributed by atoms with van der Waals surface area (Å²) >= 11 is 1.69. The minimum absolute atomic E-state index is 0. The Balaban J connectivity index is 0.00000225. The number of nitrogens with zero attached hydrogens (tertiary/aromatic N) is 2. The van der Waals surface area contributed by atoms with Crippen LogP contribution in [0.4, 0.5) is 0 Å². The number of ether oxygens (including phenoxy) is 1. The molecule has 1 aliphatic heterocycles. The number of aryl methyl sites for hydroxylation is 1. The molecular formula is C18H25IN4OS. The Morgan fingerprint density at radius 2 is 2.20 bits per heavy atom. The summed E-state index contributed by atoms with van der Waals surface area (Å²) in [5.41, 5.74) is 2.41.